The minimum atomic E-state index is 0.538. The molecule has 83 valence electrons. The Morgan fingerprint density at radius 1 is 1.47 bits per heavy atom. The van der Waals surface area contributed by atoms with E-state index in [4.69, 9.17) is 0 Å². The van der Waals surface area contributed by atoms with E-state index in [1.807, 2.05) is 0 Å². The zero-order chi connectivity index (χ0) is 11.4. The van der Waals surface area contributed by atoms with Gasteiger partial charge in [-0.05, 0) is 0 Å². The Labute approximate surface area is 104 Å². The van der Waals surface area contributed by atoms with Crippen molar-refractivity contribution in [3.05, 3.63) is 45.2 Å². The summed E-state index contributed by atoms with van der Waals surface area (Å²) in [4.78, 5) is 0. The van der Waals surface area contributed by atoms with Gasteiger partial charge in [-0.15, -0.1) is 0 Å². The molecule has 1 unspecified atom stereocenters. The summed E-state index contributed by atoms with van der Waals surface area (Å²) in [5.41, 5.74) is 4.34. The van der Waals surface area contributed by atoms with Gasteiger partial charge in [0.1, 0.15) is 0 Å². The molecule has 0 aromatic rings. The van der Waals surface area contributed by atoms with Crippen molar-refractivity contribution in [3.63, 3.8) is 0 Å². The fraction of sp³-hybridized carbons (Fsp3) is 0.429. The van der Waals surface area contributed by atoms with E-state index in [2.05, 4.69) is 70.3 Å². The van der Waals surface area contributed by atoms with Gasteiger partial charge in [0.25, 0.3) is 0 Å². The quantitative estimate of drug-likeness (QED) is 0.536. The van der Waals surface area contributed by atoms with Crippen LogP contribution in [0.5, 0.6) is 0 Å². The van der Waals surface area contributed by atoms with Gasteiger partial charge in [-0.25, -0.2) is 0 Å². The third kappa shape index (κ3) is 3.02. The summed E-state index contributed by atoms with van der Waals surface area (Å²) in [6.45, 7) is 8.78. The Kier molecular flexibility index (Phi) is 4.73. The Morgan fingerprint density at radius 3 is 2.60 bits per heavy atom. The fourth-order valence-corrected chi connectivity index (χ4v) is 2.55. The van der Waals surface area contributed by atoms with Gasteiger partial charge in [0.05, 0.1) is 0 Å². The van der Waals surface area contributed by atoms with Crippen molar-refractivity contribution in [2.75, 3.05) is 0 Å². The van der Waals surface area contributed by atoms with Crippen LogP contribution in [0.15, 0.2) is 45.2 Å². The summed E-state index contributed by atoms with van der Waals surface area (Å²) in [6, 6.07) is 0. The van der Waals surface area contributed by atoms with Crippen molar-refractivity contribution in [1.29, 1.82) is 0 Å². The molecule has 15 heavy (non-hydrogen) atoms. The molecule has 0 spiro atoms. The van der Waals surface area contributed by atoms with Crippen LogP contribution in [-0.4, -0.2) is 0 Å². The molecule has 0 N–H and O–H groups in total. The van der Waals surface area contributed by atoms with E-state index < -0.39 is 0 Å². The van der Waals surface area contributed by atoms with Gasteiger partial charge in [0.2, 0.25) is 0 Å². The molecule has 0 saturated carbocycles. The van der Waals surface area contributed by atoms with Gasteiger partial charge in [-0.2, -0.15) is 0 Å². The van der Waals surface area contributed by atoms with Crippen molar-refractivity contribution in [1.82, 2.24) is 0 Å². The van der Waals surface area contributed by atoms with Gasteiger partial charge in [-0.1, -0.05) is 0 Å². The van der Waals surface area contributed by atoms with Crippen molar-refractivity contribution in [3.8, 4) is 0 Å². The Hall–Kier alpha value is -0.417. The van der Waals surface area contributed by atoms with Crippen LogP contribution in [0.1, 0.15) is 34.1 Å². The van der Waals surface area contributed by atoms with Crippen LogP contribution in [0.25, 0.3) is 0 Å². The molecule has 0 aliphatic heterocycles. The molecule has 0 aromatic carbocycles. The third-order valence-electron chi connectivity index (χ3n) is 3.05. The monoisotopic (exact) mass is 289 g/mol. The van der Waals surface area contributed by atoms with Gasteiger partial charge < -0.3 is 0 Å². The molecule has 0 aromatic heterocycles. The molecule has 1 heteroatoms. The van der Waals surface area contributed by atoms with E-state index in [0.29, 0.717) is 5.92 Å². The topological polar surface area (TPSA) is 0 Å². The fourth-order valence-electron chi connectivity index (χ4n) is 1.82. The maximum absolute atomic E-state index is 2.76. The molecular formula is C14H19Ru. The van der Waals surface area contributed by atoms with Crippen LogP contribution in [0, 0.1) is 5.92 Å². The normalized spacial score (nSPS) is 20.1. The first kappa shape index (κ1) is 12.7. The molecule has 1 rings (SSSR count). The van der Waals surface area contributed by atoms with Crippen molar-refractivity contribution >= 4 is 0 Å². The predicted octanol–water partition coefficient (Wildman–Crippen LogP) is 4.30. The standard InChI is InChI=1S/C14H19.Ru/c1-5-8-11(2)12(3)13(4)14-9-6-7-10-14;/h5-6,8-9,13H,7H2,1-4H3;. The van der Waals surface area contributed by atoms with Crippen LogP contribution in [0.2, 0.25) is 0 Å². The molecule has 0 fully saturated rings. The Balaban J connectivity index is 2.94. The summed E-state index contributed by atoms with van der Waals surface area (Å²) >= 11 is 2.76. The molecule has 0 saturated heterocycles. The average Bonchev–Trinajstić information content (AvgIpc) is 2.62. The molecule has 1 aliphatic rings. The molecule has 0 bridgehead atoms. The van der Waals surface area contributed by atoms with E-state index in [0.717, 1.165) is 6.42 Å². The first-order valence-corrected chi connectivity index (χ1v) is 6.28. The zero-order valence-corrected chi connectivity index (χ0v) is 11.7. The molecular weight excluding hydrogens is 269 g/mol. The van der Waals surface area contributed by atoms with E-state index in [1.165, 1.54) is 20.9 Å². The number of hydrogen-bond donors (Lipinski definition) is 0. The van der Waals surface area contributed by atoms with E-state index in [1.54, 1.807) is 0 Å². The maximum atomic E-state index is 2.76. The molecule has 1 aliphatic carbocycles. The van der Waals surface area contributed by atoms with Crippen LogP contribution in [-0.2, 0) is 18.3 Å². The van der Waals surface area contributed by atoms with Gasteiger partial charge in [-0.3, -0.25) is 0 Å². The molecule has 0 nitrogen and oxygen atoms in total. The van der Waals surface area contributed by atoms with Crippen LogP contribution >= 0.6 is 0 Å². The van der Waals surface area contributed by atoms with E-state index >= 15 is 0 Å². The molecule has 1 atom stereocenters. The van der Waals surface area contributed by atoms with E-state index in [-0.39, 0.29) is 0 Å². The Bertz CT molecular complexity index is 354. The second-order valence-corrected chi connectivity index (χ2v) is 5.09. The minimum absolute atomic E-state index is 0.538. The van der Waals surface area contributed by atoms with Gasteiger partial charge in [0.15, 0.2) is 0 Å². The summed E-state index contributed by atoms with van der Waals surface area (Å²) in [7, 11) is 0. The number of allylic oxidation sites excluding steroid dienone is 8. The number of rotatable bonds is 3. The summed E-state index contributed by atoms with van der Waals surface area (Å²) in [5.74, 6) is 0.538. The first-order valence-electron chi connectivity index (χ1n) is 5.41. The van der Waals surface area contributed by atoms with Crippen LogP contribution in [0.3, 0.4) is 0 Å². The zero-order valence-electron chi connectivity index (χ0n) is 9.95. The SMILES string of the molecule is CC=CC(C)=C(C)C(C)C1=[C]([Ru])CC=C1. The van der Waals surface area contributed by atoms with E-state index in [9.17, 15) is 0 Å². The average molecular weight is 288 g/mol. The van der Waals surface area contributed by atoms with Crippen LogP contribution < -0.4 is 0 Å². The summed E-state index contributed by atoms with van der Waals surface area (Å²) in [6.07, 6.45) is 9.91. The van der Waals surface area contributed by atoms with Crippen molar-refractivity contribution < 1.29 is 18.3 Å². The summed E-state index contributed by atoms with van der Waals surface area (Å²) in [5, 5.41) is 0. The predicted molar refractivity (Wildman–Crippen MR) is 63.1 cm³/mol. The molecule has 0 heterocycles. The van der Waals surface area contributed by atoms with Crippen molar-refractivity contribution in [2.45, 2.75) is 34.1 Å². The number of hydrogen-bond acceptors (Lipinski definition) is 0. The van der Waals surface area contributed by atoms with Gasteiger partial charge >= 0.3 is 104 Å². The second-order valence-electron chi connectivity index (χ2n) is 4.04. The Morgan fingerprint density at radius 2 is 2.13 bits per heavy atom. The second kappa shape index (κ2) is 5.61. The molecule has 0 radical (unpaired) electrons. The van der Waals surface area contributed by atoms with Crippen LogP contribution in [0.4, 0.5) is 0 Å². The third-order valence-corrected chi connectivity index (χ3v) is 3.91. The first-order chi connectivity index (χ1) is 7.07. The van der Waals surface area contributed by atoms with Gasteiger partial charge in [0, 0.05) is 0 Å². The van der Waals surface area contributed by atoms with Crippen molar-refractivity contribution in [2.24, 2.45) is 5.92 Å². The molecule has 0 amide bonds. The summed E-state index contributed by atoms with van der Waals surface area (Å²) < 4.78 is 1.45.